The van der Waals surface area contributed by atoms with Crippen LogP contribution >= 0.6 is 0 Å². The predicted molar refractivity (Wildman–Crippen MR) is 134 cm³/mol. The smallest absolute Gasteiger partial charge is 0.162 e. The number of carbonyl (C=O) groups is 1. The van der Waals surface area contributed by atoms with Crippen LogP contribution in [0.25, 0.3) is 11.3 Å². The number of carbonyl (C=O) groups excluding carboxylic acids is 1. The van der Waals surface area contributed by atoms with Crippen LogP contribution in [0.4, 0.5) is 5.82 Å². The van der Waals surface area contributed by atoms with E-state index in [1.54, 1.807) is 12.0 Å². The van der Waals surface area contributed by atoms with Gasteiger partial charge in [-0.25, -0.2) is 0 Å². The van der Waals surface area contributed by atoms with Crippen molar-refractivity contribution < 1.29 is 9.53 Å². The summed E-state index contributed by atoms with van der Waals surface area (Å²) in [6.45, 7) is 4.16. The number of aromatic amines is 1. The monoisotopic (exact) mass is 465 g/mol. The van der Waals surface area contributed by atoms with Crippen LogP contribution < -0.4 is 15.4 Å². The van der Waals surface area contributed by atoms with Gasteiger partial charge in [-0.3, -0.25) is 14.8 Å². The summed E-state index contributed by atoms with van der Waals surface area (Å²) < 4.78 is 5.30. The van der Waals surface area contributed by atoms with E-state index in [1.165, 1.54) is 0 Å². The highest BCUT2D eigenvalue weighted by molar-refractivity contribution is 6.01. The molecule has 3 aromatic rings. The van der Waals surface area contributed by atoms with Crippen molar-refractivity contribution in [1.82, 2.24) is 10.2 Å². The number of rotatable bonds is 4. The van der Waals surface area contributed by atoms with Gasteiger partial charge in [-0.1, -0.05) is 56.3 Å². The Labute approximate surface area is 204 Å². The third kappa shape index (κ3) is 3.87. The Morgan fingerprint density at radius 1 is 1.14 bits per heavy atom. The molecule has 0 spiro atoms. The summed E-state index contributed by atoms with van der Waals surface area (Å²) in [5, 5.41) is 17.8. The second-order valence-corrected chi connectivity index (χ2v) is 9.76. The van der Waals surface area contributed by atoms with Gasteiger partial charge in [-0.05, 0) is 35.1 Å². The highest BCUT2D eigenvalue weighted by Crippen LogP contribution is 2.50. The van der Waals surface area contributed by atoms with Crippen LogP contribution in [0, 0.1) is 16.7 Å². The second kappa shape index (κ2) is 8.48. The van der Waals surface area contributed by atoms with Crippen molar-refractivity contribution in [3.8, 4) is 23.1 Å². The highest BCUT2D eigenvalue weighted by atomic mass is 16.5. The molecule has 176 valence electrons. The van der Waals surface area contributed by atoms with E-state index < -0.39 is 5.92 Å². The molecular formula is C28H27N5O2. The van der Waals surface area contributed by atoms with E-state index >= 15 is 0 Å². The van der Waals surface area contributed by atoms with Crippen molar-refractivity contribution in [1.29, 1.82) is 5.26 Å². The van der Waals surface area contributed by atoms with Gasteiger partial charge in [0.15, 0.2) is 11.6 Å². The highest BCUT2D eigenvalue weighted by Gasteiger charge is 2.45. The van der Waals surface area contributed by atoms with Crippen LogP contribution in [0.15, 0.2) is 83.3 Å². The maximum absolute atomic E-state index is 13.6. The molecule has 0 saturated heterocycles. The van der Waals surface area contributed by atoms with E-state index in [0.717, 1.165) is 22.5 Å². The van der Waals surface area contributed by atoms with Crippen molar-refractivity contribution >= 4 is 11.6 Å². The summed E-state index contributed by atoms with van der Waals surface area (Å²) in [7, 11) is 1.60. The molecule has 1 aliphatic heterocycles. The Morgan fingerprint density at radius 3 is 2.51 bits per heavy atom. The summed E-state index contributed by atoms with van der Waals surface area (Å²) in [5.74, 6) is 1.05. The third-order valence-electron chi connectivity index (χ3n) is 6.71. The lowest BCUT2D eigenvalue weighted by Crippen LogP contribution is -2.42. The summed E-state index contributed by atoms with van der Waals surface area (Å²) >= 11 is 0. The number of methoxy groups -OCH3 is 1. The Morgan fingerprint density at radius 2 is 1.86 bits per heavy atom. The van der Waals surface area contributed by atoms with Gasteiger partial charge >= 0.3 is 0 Å². The van der Waals surface area contributed by atoms with Crippen LogP contribution in [0.5, 0.6) is 5.75 Å². The van der Waals surface area contributed by atoms with Crippen LogP contribution in [0.1, 0.15) is 38.2 Å². The summed E-state index contributed by atoms with van der Waals surface area (Å²) in [6, 6.07) is 21.5. The first kappa shape index (κ1) is 22.5. The number of aromatic nitrogens is 2. The van der Waals surface area contributed by atoms with Gasteiger partial charge in [-0.15, -0.1) is 0 Å². The minimum Gasteiger partial charge on any atom is -0.497 e. The molecule has 2 aromatic carbocycles. The molecule has 1 aromatic heterocycles. The number of nitriles is 1. The molecule has 1 atom stereocenters. The fourth-order valence-electron chi connectivity index (χ4n) is 5.09. The van der Waals surface area contributed by atoms with E-state index in [1.807, 2.05) is 60.7 Å². The van der Waals surface area contributed by atoms with E-state index in [2.05, 4.69) is 30.1 Å². The number of hydrogen-bond donors (Lipinski definition) is 2. The molecule has 2 aliphatic rings. The number of nitrogens with two attached hydrogens (primary N) is 1. The van der Waals surface area contributed by atoms with E-state index in [0.29, 0.717) is 41.4 Å². The number of ketones is 1. The summed E-state index contributed by atoms with van der Waals surface area (Å²) in [4.78, 5) is 15.4. The maximum atomic E-state index is 13.6. The Balaban J connectivity index is 1.69. The number of ether oxygens (including phenoxy) is 1. The minimum absolute atomic E-state index is 0.0288. The molecule has 0 fully saturated rings. The number of nitrogens with one attached hydrogen (secondary N) is 1. The summed E-state index contributed by atoms with van der Waals surface area (Å²) in [6.07, 6.45) is 1.04. The van der Waals surface area contributed by atoms with E-state index in [4.69, 9.17) is 10.5 Å². The summed E-state index contributed by atoms with van der Waals surface area (Å²) in [5.41, 5.74) is 10.8. The van der Waals surface area contributed by atoms with Gasteiger partial charge in [0.1, 0.15) is 11.6 Å². The topological polar surface area (TPSA) is 108 Å². The molecule has 3 N–H and O–H groups in total. The molecule has 0 amide bonds. The first-order valence-electron chi connectivity index (χ1n) is 11.5. The lowest BCUT2D eigenvalue weighted by molar-refractivity contribution is -0.118. The zero-order valence-corrected chi connectivity index (χ0v) is 20.0. The van der Waals surface area contributed by atoms with E-state index in [-0.39, 0.29) is 11.2 Å². The molecule has 35 heavy (non-hydrogen) atoms. The number of allylic oxidation sites excluding steroid dienone is 3. The van der Waals surface area contributed by atoms with E-state index in [9.17, 15) is 10.1 Å². The fourth-order valence-corrected chi connectivity index (χ4v) is 5.09. The van der Waals surface area contributed by atoms with Crippen molar-refractivity contribution in [2.75, 3.05) is 12.0 Å². The van der Waals surface area contributed by atoms with Crippen molar-refractivity contribution in [2.24, 2.45) is 11.1 Å². The molecule has 5 rings (SSSR count). The lowest BCUT2D eigenvalue weighted by Gasteiger charge is -2.43. The Bertz CT molecular complexity index is 1390. The normalized spacial score (nSPS) is 19.4. The molecular weight excluding hydrogens is 438 g/mol. The van der Waals surface area contributed by atoms with Crippen LogP contribution in [-0.2, 0) is 4.79 Å². The van der Waals surface area contributed by atoms with Gasteiger partial charge in [0, 0.05) is 23.8 Å². The minimum atomic E-state index is -0.534. The number of hydrogen-bond acceptors (Lipinski definition) is 6. The first-order chi connectivity index (χ1) is 16.8. The quantitative estimate of drug-likeness (QED) is 0.560. The van der Waals surface area contributed by atoms with Crippen LogP contribution in [-0.4, -0.2) is 23.1 Å². The van der Waals surface area contributed by atoms with Gasteiger partial charge < -0.3 is 10.5 Å². The number of Topliss-reactive ketones (excluding diaryl/α,β-unsaturated/α-hetero) is 1. The molecule has 0 radical (unpaired) electrons. The molecule has 1 unspecified atom stereocenters. The maximum Gasteiger partial charge on any atom is 0.162 e. The number of anilines is 1. The van der Waals surface area contributed by atoms with Gasteiger partial charge in [0.25, 0.3) is 0 Å². The zero-order chi connectivity index (χ0) is 24.7. The van der Waals surface area contributed by atoms with Gasteiger partial charge in [0.05, 0.1) is 30.4 Å². The molecule has 0 bridgehead atoms. The van der Waals surface area contributed by atoms with Crippen LogP contribution in [0.2, 0.25) is 0 Å². The molecule has 2 heterocycles. The Kier molecular flexibility index (Phi) is 5.45. The third-order valence-corrected chi connectivity index (χ3v) is 6.71. The fraction of sp³-hybridized carbons (Fsp3) is 0.250. The average molecular weight is 466 g/mol. The average Bonchev–Trinajstić information content (AvgIpc) is 3.33. The molecule has 7 nitrogen and oxygen atoms in total. The standard InChI is InChI=1S/C28H27N5O2/c1-28(2)14-22-26(23(34)15-28)25(18-9-11-19(35-3)12-10-18)20(16-29)27(30)33(22)24-13-21(31-32-24)17-7-5-4-6-8-17/h4-13,25H,14-15,30H2,1-3H3,(H,31,32). The SMILES string of the molecule is COc1ccc(C2C(C#N)=C(N)N(c3cc(-c4ccccc4)[nH]n3)C3=C2C(=O)CC(C)(C)C3)cc1. The number of nitrogens with zero attached hydrogens (tertiary/aromatic N) is 3. The molecule has 1 aliphatic carbocycles. The zero-order valence-electron chi connectivity index (χ0n) is 20.0. The van der Waals surface area contributed by atoms with Crippen molar-refractivity contribution in [3.05, 3.63) is 88.9 Å². The van der Waals surface area contributed by atoms with Gasteiger partial charge in [-0.2, -0.15) is 10.4 Å². The lowest BCUT2D eigenvalue weighted by atomic mass is 9.68. The Hall–Kier alpha value is -4.31. The van der Waals surface area contributed by atoms with Crippen molar-refractivity contribution in [3.63, 3.8) is 0 Å². The first-order valence-corrected chi connectivity index (χ1v) is 11.5. The second-order valence-electron chi connectivity index (χ2n) is 9.76. The molecule has 0 saturated carbocycles. The number of benzene rings is 2. The van der Waals surface area contributed by atoms with Crippen molar-refractivity contribution in [2.45, 2.75) is 32.6 Å². The largest absolute Gasteiger partial charge is 0.497 e. The van der Waals surface area contributed by atoms with Gasteiger partial charge in [0.2, 0.25) is 0 Å². The predicted octanol–water partition coefficient (Wildman–Crippen LogP) is 5.03. The number of H-pyrrole nitrogens is 1. The molecule has 7 heteroatoms. The van der Waals surface area contributed by atoms with Crippen LogP contribution in [0.3, 0.4) is 0 Å².